The Morgan fingerprint density at radius 1 is 1.17 bits per heavy atom. The first-order valence-electron chi connectivity index (χ1n) is 6.28. The lowest BCUT2D eigenvalue weighted by Gasteiger charge is -2.07. The van der Waals surface area contributed by atoms with Crippen LogP contribution in [0.25, 0.3) is 0 Å². The van der Waals surface area contributed by atoms with Crippen LogP contribution in [0.15, 0.2) is 42.5 Å². The Balaban J connectivity index is 1.67. The summed E-state index contributed by atoms with van der Waals surface area (Å²) in [4.78, 5) is 4.44. The van der Waals surface area contributed by atoms with Crippen LogP contribution in [0.3, 0.4) is 0 Å². The number of anilines is 2. The molecule has 0 amide bonds. The molecular formula is C15H17N3. The van der Waals surface area contributed by atoms with E-state index in [0.717, 1.165) is 17.2 Å². The minimum absolute atomic E-state index is 0.503. The summed E-state index contributed by atoms with van der Waals surface area (Å²) in [7, 11) is 0. The molecule has 18 heavy (non-hydrogen) atoms. The predicted octanol–water partition coefficient (Wildman–Crippen LogP) is 2.94. The molecule has 3 heteroatoms. The number of hydrogen-bond acceptors (Lipinski definition) is 3. The van der Waals surface area contributed by atoms with Gasteiger partial charge in [0.2, 0.25) is 0 Å². The highest BCUT2D eigenvalue weighted by molar-refractivity contribution is 5.50. The molecular weight excluding hydrogens is 222 g/mol. The molecule has 92 valence electrons. The van der Waals surface area contributed by atoms with E-state index in [0.29, 0.717) is 12.0 Å². The molecule has 1 aromatic heterocycles. The number of nitrogen functional groups attached to an aromatic ring is 1. The van der Waals surface area contributed by atoms with Crippen molar-refractivity contribution in [3.8, 4) is 0 Å². The average Bonchev–Trinajstić information content (AvgIpc) is 3.14. The van der Waals surface area contributed by atoms with Crippen molar-refractivity contribution in [1.29, 1.82) is 0 Å². The summed E-state index contributed by atoms with van der Waals surface area (Å²) in [5, 5.41) is 3.47. The van der Waals surface area contributed by atoms with Crippen LogP contribution in [0.2, 0.25) is 0 Å². The molecule has 2 unspecified atom stereocenters. The number of nitrogens with zero attached hydrogens (tertiary/aromatic N) is 1. The molecule has 1 fully saturated rings. The van der Waals surface area contributed by atoms with Gasteiger partial charge in [0.05, 0.1) is 11.4 Å². The van der Waals surface area contributed by atoms with Crippen LogP contribution in [0.4, 0.5) is 11.5 Å². The highest BCUT2D eigenvalue weighted by atomic mass is 15.1. The number of pyridine rings is 1. The Hall–Kier alpha value is -2.03. The van der Waals surface area contributed by atoms with Crippen molar-refractivity contribution in [2.75, 3.05) is 11.1 Å². The van der Waals surface area contributed by atoms with Gasteiger partial charge in [-0.15, -0.1) is 0 Å². The Labute approximate surface area is 107 Å². The number of hydrogen-bond donors (Lipinski definition) is 2. The third-order valence-electron chi connectivity index (χ3n) is 3.48. The lowest BCUT2D eigenvalue weighted by atomic mass is 10.1. The summed E-state index contributed by atoms with van der Waals surface area (Å²) < 4.78 is 0. The summed E-state index contributed by atoms with van der Waals surface area (Å²) in [6.07, 6.45) is 1.18. The molecule has 0 saturated heterocycles. The van der Waals surface area contributed by atoms with Crippen LogP contribution in [-0.2, 0) is 0 Å². The molecule has 0 aliphatic heterocycles. The highest BCUT2D eigenvalue weighted by Gasteiger charge is 2.38. The number of benzene rings is 1. The van der Waals surface area contributed by atoms with Crippen LogP contribution in [0, 0.1) is 6.92 Å². The van der Waals surface area contributed by atoms with Crippen molar-refractivity contribution in [3.05, 3.63) is 53.7 Å². The van der Waals surface area contributed by atoms with Gasteiger partial charge < -0.3 is 11.1 Å². The predicted molar refractivity (Wildman–Crippen MR) is 74.6 cm³/mol. The van der Waals surface area contributed by atoms with E-state index in [9.17, 15) is 0 Å². The van der Waals surface area contributed by atoms with Crippen LogP contribution < -0.4 is 11.1 Å². The molecule has 2 aromatic rings. The number of aryl methyl sites for hydroxylation is 1. The maximum atomic E-state index is 5.76. The van der Waals surface area contributed by atoms with Gasteiger partial charge in [0, 0.05) is 12.0 Å². The van der Waals surface area contributed by atoms with Gasteiger partial charge >= 0.3 is 0 Å². The zero-order chi connectivity index (χ0) is 12.5. The number of nitrogens with two attached hydrogens (primary N) is 1. The lowest BCUT2D eigenvalue weighted by Crippen LogP contribution is -2.07. The maximum absolute atomic E-state index is 5.76. The van der Waals surface area contributed by atoms with Crippen LogP contribution in [0.1, 0.15) is 23.6 Å². The summed E-state index contributed by atoms with van der Waals surface area (Å²) in [6.45, 7) is 1.93. The Bertz CT molecular complexity index is 551. The average molecular weight is 239 g/mol. The van der Waals surface area contributed by atoms with E-state index in [-0.39, 0.29) is 0 Å². The van der Waals surface area contributed by atoms with Gasteiger partial charge in [-0.2, -0.15) is 0 Å². The molecule has 0 bridgehead atoms. The van der Waals surface area contributed by atoms with Gasteiger partial charge in [-0.3, -0.25) is 0 Å². The molecule has 3 N–H and O–H groups in total. The summed E-state index contributed by atoms with van der Waals surface area (Å²) in [6, 6.07) is 15.0. The molecule has 1 saturated carbocycles. The fourth-order valence-electron chi connectivity index (χ4n) is 2.27. The topological polar surface area (TPSA) is 50.9 Å². The monoisotopic (exact) mass is 239 g/mol. The standard InChI is InChI=1S/C15H17N3/c1-10-13(16)7-8-15(17-10)18-14-9-12(14)11-5-3-2-4-6-11/h2-8,12,14H,9,16H2,1H3,(H,17,18). The van der Waals surface area contributed by atoms with Gasteiger partial charge in [0.25, 0.3) is 0 Å². The summed E-state index contributed by atoms with van der Waals surface area (Å²) >= 11 is 0. The largest absolute Gasteiger partial charge is 0.397 e. The van der Waals surface area contributed by atoms with E-state index in [4.69, 9.17) is 5.73 Å². The third kappa shape index (κ3) is 2.16. The summed E-state index contributed by atoms with van der Waals surface area (Å²) in [5.41, 5.74) is 8.80. The van der Waals surface area contributed by atoms with E-state index in [1.807, 2.05) is 19.1 Å². The molecule has 3 nitrogen and oxygen atoms in total. The van der Waals surface area contributed by atoms with E-state index >= 15 is 0 Å². The van der Waals surface area contributed by atoms with Gasteiger partial charge in [0.1, 0.15) is 5.82 Å². The van der Waals surface area contributed by atoms with Crippen molar-refractivity contribution in [3.63, 3.8) is 0 Å². The zero-order valence-electron chi connectivity index (χ0n) is 10.4. The normalized spacial score (nSPS) is 21.6. The number of rotatable bonds is 3. The fourth-order valence-corrected chi connectivity index (χ4v) is 2.27. The molecule has 1 aromatic carbocycles. The Morgan fingerprint density at radius 2 is 1.94 bits per heavy atom. The van der Waals surface area contributed by atoms with E-state index in [1.165, 1.54) is 12.0 Å². The number of nitrogens with one attached hydrogen (secondary N) is 1. The first kappa shape index (κ1) is 11.1. The fraction of sp³-hybridized carbons (Fsp3) is 0.267. The van der Waals surface area contributed by atoms with Crippen LogP contribution >= 0.6 is 0 Å². The minimum Gasteiger partial charge on any atom is -0.397 e. The quantitative estimate of drug-likeness (QED) is 0.865. The second kappa shape index (κ2) is 4.33. The van der Waals surface area contributed by atoms with Crippen molar-refractivity contribution in [1.82, 2.24) is 4.98 Å². The first-order valence-corrected chi connectivity index (χ1v) is 6.28. The molecule has 2 atom stereocenters. The van der Waals surface area contributed by atoms with Crippen molar-refractivity contribution < 1.29 is 0 Å². The minimum atomic E-state index is 0.503. The van der Waals surface area contributed by atoms with Crippen LogP contribution in [0.5, 0.6) is 0 Å². The van der Waals surface area contributed by atoms with Gasteiger partial charge in [0.15, 0.2) is 0 Å². The first-order chi connectivity index (χ1) is 8.74. The second-order valence-electron chi connectivity index (χ2n) is 4.87. The molecule has 0 spiro atoms. The third-order valence-corrected chi connectivity index (χ3v) is 3.48. The SMILES string of the molecule is Cc1nc(NC2CC2c2ccccc2)ccc1N. The zero-order valence-corrected chi connectivity index (χ0v) is 10.4. The molecule has 1 heterocycles. The van der Waals surface area contributed by atoms with E-state index in [1.54, 1.807) is 0 Å². The van der Waals surface area contributed by atoms with Gasteiger partial charge in [-0.1, -0.05) is 30.3 Å². The number of aromatic nitrogens is 1. The Kier molecular flexibility index (Phi) is 2.67. The van der Waals surface area contributed by atoms with E-state index < -0.39 is 0 Å². The van der Waals surface area contributed by atoms with Gasteiger partial charge in [-0.25, -0.2) is 4.98 Å². The molecule has 3 rings (SSSR count). The van der Waals surface area contributed by atoms with Crippen molar-refractivity contribution >= 4 is 11.5 Å². The highest BCUT2D eigenvalue weighted by Crippen LogP contribution is 2.42. The molecule has 0 radical (unpaired) electrons. The van der Waals surface area contributed by atoms with Gasteiger partial charge in [-0.05, 0) is 31.0 Å². The van der Waals surface area contributed by atoms with Crippen LogP contribution in [-0.4, -0.2) is 11.0 Å². The molecule has 1 aliphatic rings. The van der Waals surface area contributed by atoms with Crippen molar-refractivity contribution in [2.45, 2.75) is 25.3 Å². The van der Waals surface area contributed by atoms with E-state index in [2.05, 4.69) is 40.6 Å². The van der Waals surface area contributed by atoms with Crippen molar-refractivity contribution in [2.24, 2.45) is 0 Å². The lowest BCUT2D eigenvalue weighted by molar-refractivity contribution is 1.02. The summed E-state index contributed by atoms with van der Waals surface area (Å²) in [5.74, 6) is 1.54. The second-order valence-corrected chi connectivity index (χ2v) is 4.87. The molecule has 1 aliphatic carbocycles. The maximum Gasteiger partial charge on any atom is 0.126 e. The Morgan fingerprint density at radius 3 is 2.67 bits per heavy atom. The smallest absolute Gasteiger partial charge is 0.126 e.